The van der Waals surface area contributed by atoms with Gasteiger partial charge in [0, 0.05) is 18.2 Å². The van der Waals surface area contributed by atoms with Crippen LogP contribution in [0.15, 0.2) is 60.8 Å². The Balaban J connectivity index is 1.72. The lowest BCUT2D eigenvalue weighted by atomic mass is 10.2. The Morgan fingerprint density at radius 2 is 1.93 bits per heavy atom. The number of rotatable bonds is 7. The van der Waals surface area contributed by atoms with E-state index in [0.717, 1.165) is 0 Å². The standard InChI is InChI=1S/C20H18N4O5/c1-2-19(25)29-20-16(21)4-3-5-17(20)28-15-9-6-13(7-10-15)23-18-11-8-14(12-22-18)24(26)27/h3-12H,2,21H2,1H3,(H,22,23). The number of aromatic nitrogens is 1. The second-order valence-electron chi connectivity index (χ2n) is 5.91. The van der Waals surface area contributed by atoms with E-state index in [0.29, 0.717) is 28.7 Å². The average Bonchev–Trinajstić information content (AvgIpc) is 2.72. The zero-order valence-electron chi connectivity index (χ0n) is 15.5. The third-order valence-corrected chi connectivity index (χ3v) is 3.83. The second-order valence-corrected chi connectivity index (χ2v) is 5.91. The van der Waals surface area contributed by atoms with Crippen LogP contribution in [-0.2, 0) is 4.79 Å². The number of carbonyl (C=O) groups excluding carboxylic acids is 1. The van der Waals surface area contributed by atoms with Crippen molar-refractivity contribution >= 4 is 28.8 Å². The molecule has 0 atom stereocenters. The van der Waals surface area contributed by atoms with Crippen molar-refractivity contribution in [2.24, 2.45) is 0 Å². The lowest BCUT2D eigenvalue weighted by molar-refractivity contribution is -0.385. The van der Waals surface area contributed by atoms with Gasteiger partial charge in [0.05, 0.1) is 10.6 Å². The SMILES string of the molecule is CCC(=O)Oc1c(N)cccc1Oc1ccc(Nc2ccc([N+](=O)[O-])cn2)cc1. The van der Waals surface area contributed by atoms with E-state index in [2.05, 4.69) is 10.3 Å². The molecule has 3 aromatic rings. The first-order valence-electron chi connectivity index (χ1n) is 8.71. The molecule has 1 aromatic heterocycles. The monoisotopic (exact) mass is 394 g/mol. The molecule has 9 nitrogen and oxygen atoms in total. The molecule has 148 valence electrons. The molecule has 0 aliphatic carbocycles. The molecular formula is C20H18N4O5. The molecule has 0 spiro atoms. The zero-order chi connectivity index (χ0) is 20.8. The Bertz CT molecular complexity index is 1020. The van der Waals surface area contributed by atoms with Gasteiger partial charge in [0.25, 0.3) is 5.69 Å². The van der Waals surface area contributed by atoms with Gasteiger partial charge in [0.2, 0.25) is 0 Å². The third-order valence-electron chi connectivity index (χ3n) is 3.83. The summed E-state index contributed by atoms with van der Waals surface area (Å²) in [5.41, 5.74) is 6.83. The first-order valence-corrected chi connectivity index (χ1v) is 8.71. The number of nitrogens with one attached hydrogen (secondary N) is 1. The highest BCUT2D eigenvalue weighted by atomic mass is 16.6. The third kappa shape index (κ3) is 4.98. The number of nitrogens with two attached hydrogens (primary N) is 1. The highest BCUT2D eigenvalue weighted by Gasteiger charge is 2.13. The van der Waals surface area contributed by atoms with Crippen LogP contribution in [0.25, 0.3) is 0 Å². The fraction of sp³-hybridized carbons (Fsp3) is 0.100. The van der Waals surface area contributed by atoms with Crippen LogP contribution >= 0.6 is 0 Å². The Labute approximate surface area is 166 Å². The Kier molecular flexibility index (Phi) is 5.88. The number of esters is 1. The number of anilines is 3. The molecule has 9 heteroatoms. The number of carbonyl (C=O) groups is 1. The Morgan fingerprint density at radius 1 is 1.17 bits per heavy atom. The molecule has 3 N–H and O–H groups in total. The minimum Gasteiger partial charge on any atom is -0.453 e. The Hall–Kier alpha value is -4.14. The van der Waals surface area contributed by atoms with Gasteiger partial charge >= 0.3 is 5.97 Å². The van der Waals surface area contributed by atoms with E-state index in [1.54, 1.807) is 49.4 Å². The van der Waals surface area contributed by atoms with E-state index < -0.39 is 10.9 Å². The molecule has 0 amide bonds. The molecule has 0 fully saturated rings. The van der Waals surface area contributed by atoms with E-state index in [4.69, 9.17) is 15.2 Å². The largest absolute Gasteiger partial charge is 0.453 e. The zero-order valence-corrected chi connectivity index (χ0v) is 15.5. The maximum absolute atomic E-state index is 11.6. The van der Waals surface area contributed by atoms with Crippen LogP contribution in [-0.4, -0.2) is 15.9 Å². The smallest absolute Gasteiger partial charge is 0.311 e. The van der Waals surface area contributed by atoms with Gasteiger partial charge in [-0.25, -0.2) is 4.98 Å². The van der Waals surface area contributed by atoms with E-state index in [1.165, 1.54) is 18.3 Å². The van der Waals surface area contributed by atoms with Gasteiger partial charge in [0.1, 0.15) is 17.8 Å². The molecule has 0 aliphatic heterocycles. The molecule has 29 heavy (non-hydrogen) atoms. The molecule has 0 radical (unpaired) electrons. The summed E-state index contributed by atoms with van der Waals surface area (Å²) in [5, 5.41) is 13.7. The number of hydrogen-bond acceptors (Lipinski definition) is 8. The number of nitro groups is 1. The van der Waals surface area contributed by atoms with E-state index in [1.807, 2.05) is 0 Å². The lowest BCUT2D eigenvalue weighted by Gasteiger charge is -2.13. The van der Waals surface area contributed by atoms with Crippen LogP contribution in [0.3, 0.4) is 0 Å². The van der Waals surface area contributed by atoms with Crippen LogP contribution in [0.2, 0.25) is 0 Å². The molecule has 0 saturated carbocycles. The van der Waals surface area contributed by atoms with Crippen molar-refractivity contribution in [1.29, 1.82) is 0 Å². The topological polar surface area (TPSA) is 130 Å². The molecule has 0 saturated heterocycles. The summed E-state index contributed by atoms with van der Waals surface area (Å²) in [6.07, 6.45) is 1.39. The van der Waals surface area contributed by atoms with Crippen LogP contribution in [0.5, 0.6) is 17.2 Å². The average molecular weight is 394 g/mol. The van der Waals surface area contributed by atoms with Crippen LogP contribution < -0.4 is 20.5 Å². The molecule has 0 unspecified atom stereocenters. The summed E-state index contributed by atoms with van der Waals surface area (Å²) in [4.78, 5) is 25.8. The number of nitrogens with zero attached hydrogens (tertiary/aromatic N) is 2. The molecule has 0 bridgehead atoms. The number of nitrogen functional groups attached to an aromatic ring is 1. The number of benzene rings is 2. The van der Waals surface area contributed by atoms with E-state index in [-0.39, 0.29) is 17.9 Å². The van der Waals surface area contributed by atoms with Gasteiger partial charge in [-0.1, -0.05) is 13.0 Å². The van der Waals surface area contributed by atoms with Gasteiger partial charge in [-0.3, -0.25) is 14.9 Å². The van der Waals surface area contributed by atoms with Gasteiger partial charge < -0.3 is 20.5 Å². The quantitative estimate of drug-likeness (QED) is 0.198. The molecule has 1 heterocycles. The van der Waals surface area contributed by atoms with Gasteiger partial charge in [-0.05, 0) is 42.5 Å². The minimum absolute atomic E-state index is 0.0824. The predicted octanol–water partition coefficient (Wildman–Crippen LogP) is 4.42. The van der Waals surface area contributed by atoms with Crippen LogP contribution in [0.1, 0.15) is 13.3 Å². The summed E-state index contributed by atoms with van der Waals surface area (Å²) in [6, 6.07) is 14.8. The van der Waals surface area contributed by atoms with Gasteiger partial charge in [0.15, 0.2) is 11.5 Å². The van der Waals surface area contributed by atoms with Crippen molar-refractivity contribution in [3.63, 3.8) is 0 Å². The van der Waals surface area contributed by atoms with Crippen molar-refractivity contribution in [1.82, 2.24) is 4.98 Å². The summed E-state index contributed by atoms with van der Waals surface area (Å²) < 4.78 is 11.1. The molecule has 0 aliphatic rings. The van der Waals surface area contributed by atoms with E-state index in [9.17, 15) is 14.9 Å². The minimum atomic E-state index is -0.509. The van der Waals surface area contributed by atoms with Gasteiger partial charge in [-0.2, -0.15) is 0 Å². The summed E-state index contributed by atoms with van der Waals surface area (Å²) in [7, 11) is 0. The summed E-state index contributed by atoms with van der Waals surface area (Å²) in [6.45, 7) is 1.69. The number of pyridine rings is 1. The van der Waals surface area contributed by atoms with Crippen molar-refractivity contribution in [3.05, 3.63) is 70.9 Å². The number of ether oxygens (including phenoxy) is 2. The van der Waals surface area contributed by atoms with Crippen molar-refractivity contribution in [3.8, 4) is 17.2 Å². The number of para-hydroxylation sites is 1. The summed E-state index contributed by atoms with van der Waals surface area (Å²) in [5.74, 6) is 1.06. The van der Waals surface area contributed by atoms with Crippen molar-refractivity contribution < 1.29 is 19.2 Å². The van der Waals surface area contributed by atoms with E-state index >= 15 is 0 Å². The predicted molar refractivity (Wildman–Crippen MR) is 107 cm³/mol. The van der Waals surface area contributed by atoms with Gasteiger partial charge in [-0.15, -0.1) is 0 Å². The maximum Gasteiger partial charge on any atom is 0.311 e. The van der Waals surface area contributed by atoms with Crippen LogP contribution in [0.4, 0.5) is 22.9 Å². The van der Waals surface area contributed by atoms with Crippen molar-refractivity contribution in [2.75, 3.05) is 11.1 Å². The summed E-state index contributed by atoms with van der Waals surface area (Å²) >= 11 is 0. The highest BCUT2D eigenvalue weighted by Crippen LogP contribution is 2.37. The molecule has 3 rings (SSSR count). The molecule has 2 aromatic carbocycles. The molecular weight excluding hydrogens is 376 g/mol. The Morgan fingerprint density at radius 3 is 2.55 bits per heavy atom. The van der Waals surface area contributed by atoms with Crippen LogP contribution in [0, 0.1) is 10.1 Å². The van der Waals surface area contributed by atoms with Crippen molar-refractivity contribution in [2.45, 2.75) is 13.3 Å². The second kappa shape index (κ2) is 8.70. The first-order chi connectivity index (χ1) is 14.0. The first kappa shape index (κ1) is 19.6. The lowest BCUT2D eigenvalue weighted by Crippen LogP contribution is -2.08. The fourth-order valence-electron chi connectivity index (χ4n) is 2.36. The normalized spacial score (nSPS) is 10.2. The fourth-order valence-corrected chi connectivity index (χ4v) is 2.36. The highest BCUT2D eigenvalue weighted by molar-refractivity contribution is 5.76. The maximum atomic E-state index is 11.6. The number of hydrogen-bond donors (Lipinski definition) is 2.